The molecule has 0 aliphatic carbocycles. The number of benzene rings is 1. The maximum absolute atomic E-state index is 13.9. The van der Waals surface area contributed by atoms with Crippen molar-refractivity contribution in [1.82, 2.24) is 24.5 Å². The largest absolute Gasteiger partial charge is 0.464 e. The van der Waals surface area contributed by atoms with Crippen LogP contribution in [-0.2, 0) is 9.53 Å². The molecule has 2 heterocycles. The van der Waals surface area contributed by atoms with Crippen molar-refractivity contribution in [1.29, 1.82) is 0 Å². The normalized spacial score (nSPS) is 12.3. The highest BCUT2D eigenvalue weighted by Crippen LogP contribution is 2.17. The van der Waals surface area contributed by atoms with E-state index in [0.29, 0.717) is 6.07 Å². The third-order valence-corrected chi connectivity index (χ3v) is 3.57. The first kappa shape index (κ1) is 16.7. The number of aromatic nitrogens is 5. The summed E-state index contributed by atoms with van der Waals surface area (Å²) in [6, 6.07) is 1.99. The van der Waals surface area contributed by atoms with Crippen molar-refractivity contribution in [3.8, 4) is 5.69 Å². The van der Waals surface area contributed by atoms with Gasteiger partial charge in [-0.1, -0.05) is 5.21 Å². The summed E-state index contributed by atoms with van der Waals surface area (Å²) in [6.45, 7) is 3.31. The van der Waals surface area contributed by atoms with E-state index in [2.05, 4.69) is 15.3 Å². The number of carbonyl (C=O) groups is 1. The minimum absolute atomic E-state index is 0.0113. The van der Waals surface area contributed by atoms with E-state index in [1.165, 1.54) is 6.92 Å². The molecular weight excluding hydrogens is 336 g/mol. The van der Waals surface area contributed by atoms with Gasteiger partial charge in [0, 0.05) is 6.07 Å². The van der Waals surface area contributed by atoms with Gasteiger partial charge < -0.3 is 4.74 Å². The van der Waals surface area contributed by atoms with E-state index < -0.39 is 29.2 Å². The van der Waals surface area contributed by atoms with Gasteiger partial charge in [-0.2, -0.15) is 4.68 Å². The van der Waals surface area contributed by atoms with Crippen molar-refractivity contribution >= 4 is 17.1 Å². The van der Waals surface area contributed by atoms with Gasteiger partial charge in [-0.25, -0.2) is 18.6 Å². The summed E-state index contributed by atoms with van der Waals surface area (Å²) in [6.07, 6.45) is 1.13. The molecule has 0 fully saturated rings. The topological polar surface area (TPSA) is 91.9 Å². The van der Waals surface area contributed by atoms with Crippen LogP contribution in [0.2, 0.25) is 0 Å². The molecule has 0 saturated carbocycles. The van der Waals surface area contributed by atoms with Gasteiger partial charge in [0.1, 0.15) is 23.9 Å². The number of rotatable bonds is 4. The lowest BCUT2D eigenvalue weighted by Gasteiger charge is -2.12. The molecule has 0 aliphatic heterocycles. The lowest BCUT2D eigenvalue weighted by molar-refractivity contribution is -0.146. The molecule has 0 aliphatic rings. The minimum atomic E-state index is -0.906. The molecule has 0 amide bonds. The predicted octanol–water partition coefficient (Wildman–Crippen LogP) is 1.38. The molecule has 3 rings (SSSR count). The minimum Gasteiger partial charge on any atom is -0.464 e. The molecule has 25 heavy (non-hydrogen) atoms. The van der Waals surface area contributed by atoms with Crippen molar-refractivity contribution in [2.45, 2.75) is 19.9 Å². The van der Waals surface area contributed by atoms with Crippen molar-refractivity contribution < 1.29 is 18.3 Å². The number of hydrogen-bond donors (Lipinski definition) is 0. The molecule has 1 atom stereocenters. The molecule has 8 nitrogen and oxygen atoms in total. The van der Waals surface area contributed by atoms with Gasteiger partial charge in [-0.05, 0) is 26.0 Å². The third-order valence-electron chi connectivity index (χ3n) is 3.57. The first-order valence-electron chi connectivity index (χ1n) is 7.38. The van der Waals surface area contributed by atoms with E-state index in [9.17, 15) is 18.4 Å². The number of halogens is 2. The molecule has 3 aromatic rings. The monoisotopic (exact) mass is 349 g/mol. The number of hydrogen-bond acceptors (Lipinski definition) is 6. The van der Waals surface area contributed by atoms with Crippen LogP contribution in [0.5, 0.6) is 0 Å². The van der Waals surface area contributed by atoms with Crippen LogP contribution in [0, 0.1) is 11.6 Å². The number of fused-ring (bicyclic) bond motifs is 1. The molecule has 2 aromatic heterocycles. The lowest BCUT2D eigenvalue weighted by atomic mass is 10.3. The Labute approximate surface area is 139 Å². The quantitative estimate of drug-likeness (QED) is 0.661. The average molecular weight is 349 g/mol. The Morgan fingerprint density at radius 1 is 1.36 bits per heavy atom. The van der Waals surface area contributed by atoms with Crippen molar-refractivity contribution in [2.24, 2.45) is 0 Å². The Morgan fingerprint density at radius 2 is 2.12 bits per heavy atom. The van der Waals surface area contributed by atoms with Crippen molar-refractivity contribution in [3.05, 3.63) is 46.5 Å². The Balaban J connectivity index is 2.11. The molecule has 0 bridgehead atoms. The van der Waals surface area contributed by atoms with Gasteiger partial charge in [0.15, 0.2) is 17.0 Å². The van der Waals surface area contributed by atoms with Crippen LogP contribution in [0.3, 0.4) is 0 Å². The highest BCUT2D eigenvalue weighted by molar-refractivity contribution is 5.75. The zero-order chi connectivity index (χ0) is 18.1. The van der Waals surface area contributed by atoms with Gasteiger partial charge in [0.05, 0.1) is 6.61 Å². The molecule has 0 spiro atoms. The van der Waals surface area contributed by atoms with E-state index in [0.717, 1.165) is 27.7 Å². The molecule has 1 unspecified atom stereocenters. The van der Waals surface area contributed by atoms with Gasteiger partial charge in [0.2, 0.25) is 0 Å². The fourth-order valence-corrected chi connectivity index (χ4v) is 2.29. The Bertz CT molecular complexity index is 1010. The molecule has 1 aromatic carbocycles. The zero-order valence-corrected chi connectivity index (χ0v) is 13.3. The molecule has 0 saturated heterocycles. The number of carbonyl (C=O) groups excluding carboxylic acids is 1. The van der Waals surface area contributed by atoms with Crippen molar-refractivity contribution in [2.75, 3.05) is 6.61 Å². The maximum atomic E-state index is 13.9. The van der Waals surface area contributed by atoms with Crippen LogP contribution >= 0.6 is 0 Å². The standard InChI is InChI=1S/C15H13F2N5O3/c1-3-25-15(24)8(2)21-7-18-13-12(14(21)23)19-20-22(13)11-5-4-9(16)6-10(11)17/h4-8H,3H2,1-2H3. The summed E-state index contributed by atoms with van der Waals surface area (Å²) in [5, 5.41) is 7.42. The fourth-order valence-electron chi connectivity index (χ4n) is 2.29. The summed E-state index contributed by atoms with van der Waals surface area (Å²) in [7, 11) is 0. The second-order valence-electron chi connectivity index (χ2n) is 5.15. The van der Waals surface area contributed by atoms with Crippen LogP contribution in [0.15, 0.2) is 29.3 Å². The van der Waals surface area contributed by atoms with E-state index >= 15 is 0 Å². The Kier molecular flexibility index (Phi) is 4.26. The average Bonchev–Trinajstić information content (AvgIpc) is 2.99. The zero-order valence-electron chi connectivity index (χ0n) is 13.3. The van der Waals surface area contributed by atoms with Gasteiger partial charge >= 0.3 is 5.97 Å². The van der Waals surface area contributed by atoms with E-state index in [1.54, 1.807) is 6.92 Å². The highest BCUT2D eigenvalue weighted by Gasteiger charge is 2.22. The summed E-state index contributed by atoms with van der Waals surface area (Å²) in [5.41, 5.74) is -0.892. The molecule has 10 heteroatoms. The van der Waals surface area contributed by atoms with Gasteiger partial charge in [-0.3, -0.25) is 9.36 Å². The second-order valence-corrected chi connectivity index (χ2v) is 5.15. The summed E-state index contributed by atoms with van der Waals surface area (Å²) in [4.78, 5) is 28.3. The Morgan fingerprint density at radius 3 is 2.80 bits per heavy atom. The van der Waals surface area contributed by atoms with Crippen molar-refractivity contribution in [3.63, 3.8) is 0 Å². The number of nitrogens with zero attached hydrogens (tertiary/aromatic N) is 5. The number of ether oxygens (including phenoxy) is 1. The van der Waals surface area contributed by atoms with E-state index in [4.69, 9.17) is 4.74 Å². The summed E-state index contributed by atoms with van der Waals surface area (Å²) >= 11 is 0. The van der Waals surface area contributed by atoms with Gasteiger partial charge in [0.25, 0.3) is 5.56 Å². The second kappa shape index (κ2) is 6.38. The lowest BCUT2D eigenvalue weighted by Crippen LogP contribution is -2.29. The van der Waals surface area contributed by atoms with Crippen LogP contribution in [-0.4, -0.2) is 37.1 Å². The van der Waals surface area contributed by atoms with Crippen LogP contribution in [0.1, 0.15) is 19.9 Å². The van der Waals surface area contributed by atoms with E-state index in [1.807, 2.05) is 0 Å². The molecule has 130 valence electrons. The third kappa shape index (κ3) is 2.86. The molecular formula is C15H13F2N5O3. The first-order valence-corrected chi connectivity index (χ1v) is 7.38. The highest BCUT2D eigenvalue weighted by atomic mass is 19.1. The number of esters is 1. The predicted molar refractivity (Wildman–Crippen MR) is 82.2 cm³/mol. The molecule has 0 N–H and O–H groups in total. The fraction of sp³-hybridized carbons (Fsp3) is 0.267. The Hall–Kier alpha value is -3.17. The smallest absolute Gasteiger partial charge is 0.328 e. The summed E-state index contributed by atoms with van der Waals surface area (Å²) in [5.74, 6) is -2.22. The van der Waals surface area contributed by atoms with Gasteiger partial charge in [-0.15, -0.1) is 5.10 Å². The molecule has 0 radical (unpaired) electrons. The maximum Gasteiger partial charge on any atom is 0.328 e. The van der Waals surface area contributed by atoms with Crippen LogP contribution in [0.25, 0.3) is 16.9 Å². The summed E-state index contributed by atoms with van der Waals surface area (Å²) < 4.78 is 33.9. The van der Waals surface area contributed by atoms with Crippen LogP contribution in [0.4, 0.5) is 8.78 Å². The van der Waals surface area contributed by atoms with E-state index in [-0.39, 0.29) is 23.5 Å². The SMILES string of the molecule is CCOC(=O)C(C)n1cnc2c(nnn2-c2ccc(F)cc2F)c1=O. The van der Waals surface area contributed by atoms with Crippen LogP contribution < -0.4 is 5.56 Å². The first-order chi connectivity index (χ1) is 11.9.